The summed E-state index contributed by atoms with van der Waals surface area (Å²) in [4.78, 5) is 24.9. The maximum Gasteiger partial charge on any atom is 0.288 e. The lowest BCUT2D eigenvalue weighted by atomic mass is 9.75. The molecule has 1 aromatic rings. The Bertz CT molecular complexity index is 605. The van der Waals surface area contributed by atoms with Gasteiger partial charge in [-0.3, -0.25) is 14.9 Å². The molecule has 5 nitrogen and oxygen atoms in total. The Balaban J connectivity index is 1.76. The Labute approximate surface area is 134 Å². The van der Waals surface area contributed by atoms with E-state index in [1.165, 1.54) is 37.8 Å². The largest absolute Gasteiger partial charge is 0.338 e. The minimum absolute atomic E-state index is 0.0625. The van der Waals surface area contributed by atoms with Crippen molar-refractivity contribution < 1.29 is 9.72 Å². The van der Waals surface area contributed by atoms with E-state index >= 15 is 0 Å². The second kappa shape index (κ2) is 6.24. The van der Waals surface area contributed by atoms with Gasteiger partial charge in [0.05, 0.1) is 4.92 Å². The lowest BCUT2D eigenvalue weighted by molar-refractivity contribution is -0.384. The van der Waals surface area contributed by atoms with Crippen LogP contribution in [0, 0.1) is 22.0 Å². The van der Waals surface area contributed by atoms with Crippen LogP contribution < -0.4 is 0 Å². The maximum atomic E-state index is 12.6. The molecule has 3 rings (SSSR count). The SMILES string of the molecule is O=C(c1ccc(Cl)c([N+](=O)[O-])c1)N1CC[C@@H]2CCCC[C@H]2C1. The number of nitro benzene ring substituents is 1. The standard InChI is InChI=1S/C16H19ClN2O3/c17-14-6-5-12(9-15(14)19(21)22)16(20)18-8-7-11-3-1-2-4-13(11)10-18/h5-6,9,11,13H,1-4,7-8,10H2/t11-,13-/m0/s1. The highest BCUT2D eigenvalue weighted by Crippen LogP contribution is 2.36. The van der Waals surface area contributed by atoms with Gasteiger partial charge in [0.25, 0.3) is 11.6 Å². The van der Waals surface area contributed by atoms with Crippen molar-refractivity contribution in [3.63, 3.8) is 0 Å². The highest BCUT2D eigenvalue weighted by molar-refractivity contribution is 6.32. The van der Waals surface area contributed by atoms with Crippen molar-refractivity contribution in [2.24, 2.45) is 11.8 Å². The zero-order chi connectivity index (χ0) is 15.7. The number of benzene rings is 1. The molecule has 2 aliphatic rings. The predicted molar refractivity (Wildman–Crippen MR) is 84.1 cm³/mol. The van der Waals surface area contributed by atoms with Crippen molar-refractivity contribution in [2.75, 3.05) is 13.1 Å². The first-order chi connectivity index (χ1) is 10.6. The van der Waals surface area contributed by atoms with Gasteiger partial charge in [-0.15, -0.1) is 0 Å². The molecule has 0 spiro atoms. The average Bonchev–Trinajstić information content (AvgIpc) is 2.54. The normalized spacial score (nSPS) is 24.7. The molecule has 1 aliphatic carbocycles. The number of fused-ring (bicyclic) bond motifs is 1. The molecule has 0 unspecified atom stereocenters. The number of piperidine rings is 1. The van der Waals surface area contributed by atoms with Crippen molar-refractivity contribution in [3.8, 4) is 0 Å². The highest BCUT2D eigenvalue weighted by atomic mass is 35.5. The Kier molecular flexibility index (Phi) is 4.34. The molecule has 2 atom stereocenters. The number of halogens is 1. The molecular weight excluding hydrogens is 304 g/mol. The fourth-order valence-electron chi connectivity index (χ4n) is 3.75. The van der Waals surface area contributed by atoms with Crippen LogP contribution in [0.2, 0.25) is 5.02 Å². The Morgan fingerprint density at radius 1 is 1.23 bits per heavy atom. The molecule has 1 aliphatic heterocycles. The van der Waals surface area contributed by atoms with Gasteiger partial charge in [0, 0.05) is 24.7 Å². The van der Waals surface area contributed by atoms with Crippen LogP contribution in [0.25, 0.3) is 0 Å². The van der Waals surface area contributed by atoms with E-state index in [4.69, 9.17) is 11.6 Å². The third-order valence-electron chi connectivity index (χ3n) is 4.97. The number of hydrogen-bond donors (Lipinski definition) is 0. The molecule has 0 aromatic heterocycles. The molecule has 0 N–H and O–H groups in total. The minimum atomic E-state index is -0.549. The molecule has 0 bridgehead atoms. The Morgan fingerprint density at radius 3 is 2.68 bits per heavy atom. The van der Waals surface area contributed by atoms with E-state index in [0.717, 1.165) is 25.4 Å². The van der Waals surface area contributed by atoms with Crippen LogP contribution in [0.5, 0.6) is 0 Å². The summed E-state index contributed by atoms with van der Waals surface area (Å²) in [5.74, 6) is 1.22. The summed E-state index contributed by atoms with van der Waals surface area (Å²) < 4.78 is 0. The van der Waals surface area contributed by atoms with Crippen LogP contribution in [0.4, 0.5) is 5.69 Å². The molecular formula is C16H19ClN2O3. The third kappa shape index (κ3) is 2.95. The summed E-state index contributed by atoms with van der Waals surface area (Å²) in [6.45, 7) is 1.52. The summed E-state index contributed by atoms with van der Waals surface area (Å²) in [7, 11) is 0. The van der Waals surface area contributed by atoms with Gasteiger partial charge in [-0.1, -0.05) is 30.9 Å². The first kappa shape index (κ1) is 15.3. The van der Waals surface area contributed by atoms with E-state index in [1.807, 2.05) is 4.90 Å². The highest BCUT2D eigenvalue weighted by Gasteiger charge is 2.33. The van der Waals surface area contributed by atoms with Crippen LogP contribution in [0.3, 0.4) is 0 Å². The number of nitrogens with zero attached hydrogens (tertiary/aromatic N) is 2. The Hall–Kier alpha value is -1.62. The lowest BCUT2D eigenvalue weighted by Crippen LogP contribution is -2.44. The molecule has 0 radical (unpaired) electrons. The summed E-state index contributed by atoms with van der Waals surface area (Å²) in [6.07, 6.45) is 6.06. The second-order valence-corrected chi connectivity index (χ2v) is 6.67. The van der Waals surface area contributed by atoms with E-state index in [-0.39, 0.29) is 16.6 Å². The molecule has 1 aromatic carbocycles. The summed E-state index contributed by atoms with van der Waals surface area (Å²) >= 11 is 5.81. The van der Waals surface area contributed by atoms with Gasteiger partial charge < -0.3 is 4.90 Å². The maximum absolute atomic E-state index is 12.6. The number of likely N-dealkylation sites (tertiary alicyclic amines) is 1. The zero-order valence-corrected chi connectivity index (χ0v) is 13.1. The first-order valence-corrected chi connectivity index (χ1v) is 8.17. The van der Waals surface area contributed by atoms with Crippen LogP contribution in [0.15, 0.2) is 18.2 Å². The van der Waals surface area contributed by atoms with Crippen molar-refractivity contribution in [1.82, 2.24) is 4.90 Å². The van der Waals surface area contributed by atoms with Gasteiger partial charge in [-0.25, -0.2) is 0 Å². The minimum Gasteiger partial charge on any atom is -0.338 e. The van der Waals surface area contributed by atoms with E-state index in [0.29, 0.717) is 11.5 Å². The molecule has 1 saturated carbocycles. The fraction of sp³-hybridized carbons (Fsp3) is 0.562. The van der Waals surface area contributed by atoms with Crippen LogP contribution >= 0.6 is 11.6 Å². The molecule has 1 heterocycles. The average molecular weight is 323 g/mol. The number of hydrogen-bond acceptors (Lipinski definition) is 3. The molecule has 1 amide bonds. The second-order valence-electron chi connectivity index (χ2n) is 6.27. The smallest absolute Gasteiger partial charge is 0.288 e. The van der Waals surface area contributed by atoms with Crippen LogP contribution in [0.1, 0.15) is 42.5 Å². The first-order valence-electron chi connectivity index (χ1n) is 7.79. The third-order valence-corrected chi connectivity index (χ3v) is 5.29. The van der Waals surface area contributed by atoms with E-state index in [9.17, 15) is 14.9 Å². The summed E-state index contributed by atoms with van der Waals surface area (Å²) in [5, 5.41) is 11.0. The van der Waals surface area contributed by atoms with E-state index in [1.54, 1.807) is 6.07 Å². The Morgan fingerprint density at radius 2 is 1.95 bits per heavy atom. The van der Waals surface area contributed by atoms with Crippen molar-refractivity contribution in [3.05, 3.63) is 38.9 Å². The summed E-state index contributed by atoms with van der Waals surface area (Å²) in [5.41, 5.74) is 0.144. The molecule has 1 saturated heterocycles. The quantitative estimate of drug-likeness (QED) is 0.612. The van der Waals surface area contributed by atoms with E-state index < -0.39 is 4.92 Å². The van der Waals surface area contributed by atoms with Gasteiger partial charge in [-0.2, -0.15) is 0 Å². The molecule has 22 heavy (non-hydrogen) atoms. The number of rotatable bonds is 2. The number of nitro groups is 1. The van der Waals surface area contributed by atoms with Crippen LogP contribution in [-0.4, -0.2) is 28.8 Å². The van der Waals surface area contributed by atoms with Crippen LogP contribution in [-0.2, 0) is 0 Å². The van der Waals surface area contributed by atoms with Crippen molar-refractivity contribution in [2.45, 2.75) is 32.1 Å². The number of carbonyl (C=O) groups excluding carboxylic acids is 1. The van der Waals surface area contributed by atoms with Gasteiger partial charge in [-0.05, 0) is 36.8 Å². The van der Waals surface area contributed by atoms with E-state index in [2.05, 4.69) is 0 Å². The molecule has 118 valence electrons. The molecule has 2 fully saturated rings. The fourth-order valence-corrected chi connectivity index (χ4v) is 3.94. The van der Waals surface area contributed by atoms with Gasteiger partial charge in [0.1, 0.15) is 5.02 Å². The lowest BCUT2D eigenvalue weighted by Gasteiger charge is -2.41. The van der Waals surface area contributed by atoms with Gasteiger partial charge in [0.15, 0.2) is 0 Å². The van der Waals surface area contributed by atoms with Crippen molar-refractivity contribution in [1.29, 1.82) is 0 Å². The number of amides is 1. The summed E-state index contributed by atoms with van der Waals surface area (Å²) in [6, 6.07) is 4.29. The topological polar surface area (TPSA) is 63.4 Å². The number of carbonyl (C=O) groups is 1. The zero-order valence-electron chi connectivity index (χ0n) is 12.3. The van der Waals surface area contributed by atoms with Gasteiger partial charge >= 0.3 is 0 Å². The monoisotopic (exact) mass is 322 g/mol. The molecule has 6 heteroatoms. The van der Waals surface area contributed by atoms with Crippen molar-refractivity contribution >= 4 is 23.2 Å². The van der Waals surface area contributed by atoms with Gasteiger partial charge in [0.2, 0.25) is 0 Å². The predicted octanol–water partition coefficient (Wildman–Crippen LogP) is 3.90.